The summed E-state index contributed by atoms with van der Waals surface area (Å²) < 4.78 is 32.2. The van der Waals surface area contributed by atoms with E-state index in [-0.39, 0.29) is 28.6 Å². The fraction of sp³-hybridized carbons (Fsp3) is 0.723. The summed E-state index contributed by atoms with van der Waals surface area (Å²) >= 11 is 7.55. The fourth-order valence-corrected chi connectivity index (χ4v) is 13.1. The van der Waals surface area contributed by atoms with Crippen LogP contribution in [0.2, 0.25) is 0 Å². The maximum absolute atomic E-state index is 12.9. The zero-order valence-corrected chi connectivity index (χ0v) is 91.3. The molecule has 0 atom stereocenters. The minimum atomic E-state index is -0.544. The van der Waals surface area contributed by atoms with Crippen LogP contribution >= 0.6 is 35.5 Å². The molecule has 0 amide bonds. The molecule has 0 saturated heterocycles. The number of hydrogen-bond acceptors (Lipinski definition) is 45. The van der Waals surface area contributed by atoms with Crippen LogP contribution in [0, 0.1) is 10.6 Å². The number of hydrogen-bond donors (Lipinski definition) is 12. The molecular formula is C83H168FN45O8S3. The Labute approximate surface area is 837 Å². The number of H-pyrrole nitrogens is 11. The van der Waals surface area contributed by atoms with Gasteiger partial charge >= 0.3 is 17.5 Å². The van der Waals surface area contributed by atoms with Crippen molar-refractivity contribution in [1.82, 2.24) is 169 Å². The van der Waals surface area contributed by atoms with E-state index in [1.165, 1.54) is 23.9 Å². The molecule has 0 aliphatic heterocycles. The van der Waals surface area contributed by atoms with Crippen molar-refractivity contribution in [2.45, 2.75) is 64.2 Å². The number of nitrogens with two attached hydrogens (primary N) is 1. The van der Waals surface area contributed by atoms with E-state index in [4.69, 9.17) is 32.1 Å². The molecule has 53 nitrogen and oxygen atoms in total. The number of nitrogens with one attached hydrogen (secondary N) is 11. The van der Waals surface area contributed by atoms with Crippen LogP contribution in [0.15, 0.2) is 59.1 Å². The van der Waals surface area contributed by atoms with E-state index in [9.17, 15) is 23.6 Å². The van der Waals surface area contributed by atoms with Gasteiger partial charge in [0.05, 0.1) is 18.5 Å². The predicted molar refractivity (Wildman–Crippen MR) is 564 cm³/mol. The third kappa shape index (κ3) is 64.7. The number of aromatic nitrogens is 24. The van der Waals surface area contributed by atoms with Crippen molar-refractivity contribution >= 4 is 105 Å². The molecule has 0 bridgehead atoms. The van der Waals surface area contributed by atoms with Gasteiger partial charge in [-0.25, -0.2) is 20.2 Å². The van der Waals surface area contributed by atoms with E-state index < -0.39 is 11.7 Å². The highest BCUT2D eigenvalue weighted by molar-refractivity contribution is 7.71. The van der Waals surface area contributed by atoms with Gasteiger partial charge < -0.3 is 108 Å². The Morgan fingerprint density at radius 1 is 0.407 bits per heavy atom. The van der Waals surface area contributed by atoms with Crippen LogP contribution in [0.5, 0.6) is 0 Å². The molecule has 10 aromatic heterocycles. The van der Waals surface area contributed by atoms with Crippen LogP contribution in [-0.4, -0.2) is 518 Å². The molecule has 10 heterocycles. The van der Waals surface area contributed by atoms with Crippen molar-refractivity contribution < 1.29 is 23.0 Å². The summed E-state index contributed by atoms with van der Waals surface area (Å²) in [6.07, 6.45) is 16.0. The van der Waals surface area contributed by atoms with Gasteiger partial charge in [-0.2, -0.15) is 64.4 Å². The highest BCUT2D eigenvalue weighted by atomic mass is 32.1. The first-order chi connectivity index (χ1) is 66.2. The number of halogens is 1. The first-order valence-electron chi connectivity index (χ1n) is 45.7. The summed E-state index contributed by atoms with van der Waals surface area (Å²) in [4.78, 5) is 112. The van der Waals surface area contributed by atoms with Gasteiger partial charge in [0.25, 0.3) is 17.1 Å². The van der Waals surface area contributed by atoms with Crippen LogP contribution in [-0.2, 0) is 9.59 Å². The lowest BCUT2D eigenvalue weighted by molar-refractivity contribution is -0.191. The van der Waals surface area contributed by atoms with Crippen LogP contribution in [0.25, 0.3) is 0 Å². The van der Waals surface area contributed by atoms with Crippen molar-refractivity contribution in [3.63, 3.8) is 0 Å². The van der Waals surface area contributed by atoms with Gasteiger partial charge in [-0.15, -0.1) is 30.6 Å². The molecule has 0 unspecified atom stereocenters. The van der Waals surface area contributed by atoms with Gasteiger partial charge in [0.1, 0.15) is 11.3 Å². The minimum Gasteiger partial charge on any atom is -0.368 e. The van der Waals surface area contributed by atoms with Crippen LogP contribution < -0.4 is 77.2 Å². The predicted octanol–water partition coefficient (Wildman–Crippen LogP) is 2.11. The average molecular weight is 2040 g/mol. The summed E-state index contributed by atoms with van der Waals surface area (Å²) in [5.74, 6) is 5.28. The Balaban J connectivity index is 0.00000153. The van der Waals surface area contributed by atoms with Crippen molar-refractivity contribution in [2.24, 2.45) is 0 Å². The van der Waals surface area contributed by atoms with Gasteiger partial charge in [-0.05, 0) is 287 Å². The Morgan fingerprint density at radius 2 is 0.800 bits per heavy atom. The molecule has 57 heteroatoms. The summed E-state index contributed by atoms with van der Waals surface area (Å²) in [6.45, 7) is 19.7. The minimum absolute atomic E-state index is 0.00976. The highest BCUT2D eigenvalue weighted by Gasteiger charge is 2.16. The number of nitrogens with zero attached hydrogens (tertiary/aromatic N) is 33. The molecule has 0 aromatic carbocycles. The third-order valence-electron chi connectivity index (χ3n) is 19.3. The molecule has 0 aliphatic carbocycles. The molecule has 140 heavy (non-hydrogen) atoms. The Hall–Kier alpha value is -11.5. The van der Waals surface area contributed by atoms with E-state index in [1.807, 2.05) is 139 Å². The maximum Gasteiger partial charge on any atom is 0.440 e. The van der Waals surface area contributed by atoms with Crippen molar-refractivity contribution in [2.75, 3.05) is 397 Å². The highest BCUT2D eigenvalue weighted by Crippen LogP contribution is 2.16. The van der Waals surface area contributed by atoms with Gasteiger partial charge in [0, 0.05) is 154 Å². The van der Waals surface area contributed by atoms with Crippen LogP contribution in [0.4, 0.5) is 68.2 Å². The number of nitrogen functional groups attached to an aromatic ring is 1. The van der Waals surface area contributed by atoms with Crippen molar-refractivity contribution in [3.05, 3.63) is 83.1 Å². The Bertz CT molecular complexity index is 4520. The molecule has 13 N–H and O–H groups in total. The number of anilines is 11. The van der Waals surface area contributed by atoms with E-state index in [0.29, 0.717) is 34.2 Å². The molecule has 0 fully saturated rings. The molecule has 798 valence electrons. The first-order valence-corrected chi connectivity index (χ1v) is 47.7. The summed E-state index contributed by atoms with van der Waals surface area (Å²) in [5.41, 5.74) is 5.13. The normalized spacial score (nSPS) is 10.7. The molecule has 10 rings (SSSR count). The quantitative estimate of drug-likeness (QED) is 0.0243. The number of aromatic amines is 11. The lowest BCUT2D eigenvalue weighted by atomic mass is 10.4. The topological polar surface area (TPSA) is 561 Å². The molecular weight excluding hydrogens is 1870 g/mol. The maximum atomic E-state index is 12.9. The molecule has 10 aromatic rings. The van der Waals surface area contributed by atoms with Crippen LogP contribution in [0.1, 0.15) is 64.2 Å². The molecule has 0 saturated carbocycles. The molecule has 0 spiro atoms. The fourth-order valence-electron chi connectivity index (χ4n) is 11.6. The second-order valence-electron chi connectivity index (χ2n) is 35.3. The monoisotopic (exact) mass is 2040 g/mol. The van der Waals surface area contributed by atoms with Gasteiger partial charge in [0.15, 0.2) is 22.1 Å². The Morgan fingerprint density at radius 3 is 1.11 bits per heavy atom. The van der Waals surface area contributed by atoms with E-state index >= 15 is 0 Å². The second-order valence-corrected chi connectivity index (χ2v) is 37.1. The van der Waals surface area contributed by atoms with E-state index in [2.05, 4.69) is 283 Å². The largest absolute Gasteiger partial charge is 0.440 e. The lowest BCUT2D eigenvalue weighted by Gasteiger charge is -2.17. The van der Waals surface area contributed by atoms with Crippen molar-refractivity contribution in [1.29, 1.82) is 0 Å². The third-order valence-corrected chi connectivity index (χ3v) is 21.1. The van der Waals surface area contributed by atoms with E-state index in [0.717, 1.165) is 235 Å². The van der Waals surface area contributed by atoms with Crippen LogP contribution in [0.3, 0.4) is 0 Å². The van der Waals surface area contributed by atoms with Crippen molar-refractivity contribution in [3.8, 4) is 0 Å². The summed E-state index contributed by atoms with van der Waals surface area (Å²) in [5, 5.41) is 59.5. The smallest absolute Gasteiger partial charge is 0.368 e. The molecule has 0 aliphatic rings. The zero-order valence-electron chi connectivity index (χ0n) is 88.8. The number of carbonyl (C=O) groups excluding carboxylic acids is 2. The first kappa shape index (κ1) is 129. The van der Waals surface area contributed by atoms with E-state index in [1.54, 1.807) is 30.4 Å². The Kier molecular flexibility index (Phi) is 70.1. The standard InChI is InChI=1S/C9H17N3O2.C9H17N3OS.C8H16FN5.C8H18N6.C8H17N5S.3C8H17N5.C8H16N4O2.C8H16N4OS.CO2/c2*1-11(2)5-4-6-12(3)9-7-8(13)10-14-9;1-13(2)5-4-6-14(3)8-7(9)10-12-11-8;1-13(2)5-4-6-14(3)8-10-7(9)11-12-8;1-12(2)5-4-6-13(3)7-8(14)10-11-9-7;1-12(2)5-4-6-13(3)8-9-7-10-11-8;2*1-12(2)5-4-6-13(3)8-7-9-11-10-8;1-11(2)5-4-6-12(3)7-9-8(13)14-10-7;1-11(2)5-4-6-12(3)7-8(13)10-14-9-7;2-1-3/h2*7H,4-6H2,1-3H3,(H,10,13);4-6H2,1-3H3,(H,10,11,12);4-6H2,1-3H3,(H3,9,10,11,12);4-6H2,1-3H3,(H2,9,10,11,14);3*7H,4-6H2,1-3H3,(H,9,10,11);4-6H2,1-3H3,(H,9,10,13);4-6H2,1-3H3,(H,10,13);. The lowest BCUT2D eigenvalue weighted by Crippen LogP contribution is -2.27. The SMILES string of the molecule is CN(C)CCCN(C)c1cc(=O)[nH]o1.CN(C)CCCN(C)c1cc(=O)[nH]s1.CN(C)CCCN(C)c1cn[nH]n1.CN(C)CCCN(C)c1cn[nH]n1.CN(C)CCCN(C)c1n[nH][nH]c1=S.CN(C)CCCN(C)c1n[nH]c(N)n1.CN(C)CCCN(C)c1n[nH]nc1F.CN(C)CCCN(C)c1ncn[nH]1.CN(C)CCCN(C)c1noc(=O)[nH]1.CN(C)CCCN(C)c1ns[nH]c1=O.O=C=O. The molecule has 0 radical (unpaired) electrons. The number of rotatable bonds is 50. The summed E-state index contributed by atoms with van der Waals surface area (Å²) in [6, 6.07) is 3.09. The van der Waals surface area contributed by atoms with Gasteiger partial charge in [0.2, 0.25) is 41.3 Å². The average Bonchev–Trinajstić information content (AvgIpc) is 1.79. The van der Waals surface area contributed by atoms with Gasteiger partial charge in [-0.1, -0.05) is 12.2 Å². The zero-order chi connectivity index (χ0) is 106. The van der Waals surface area contributed by atoms with Gasteiger partial charge in [-0.3, -0.25) is 37.7 Å². The summed E-state index contributed by atoms with van der Waals surface area (Å²) in [7, 11) is 60.6. The second kappa shape index (κ2) is 76.3.